The predicted octanol–water partition coefficient (Wildman–Crippen LogP) is 2.23. The molecule has 2 heterocycles. The van der Waals surface area contributed by atoms with E-state index in [0.29, 0.717) is 12.8 Å². The molecule has 0 spiro atoms. The fraction of sp³-hybridized carbons (Fsp3) is 0.500. The molecule has 0 saturated carbocycles. The second-order valence-electron chi connectivity index (χ2n) is 4.08. The molecule has 3 nitrogen and oxygen atoms in total. The third-order valence-electron chi connectivity index (χ3n) is 3.11. The molecule has 0 amide bonds. The zero-order valence-corrected chi connectivity index (χ0v) is 8.66. The van der Waals surface area contributed by atoms with Crippen molar-refractivity contribution in [3.05, 3.63) is 23.8 Å². The van der Waals surface area contributed by atoms with E-state index in [2.05, 4.69) is 11.4 Å². The average molecular weight is 205 g/mol. The van der Waals surface area contributed by atoms with Crippen LogP contribution >= 0.6 is 0 Å². The van der Waals surface area contributed by atoms with Gasteiger partial charge in [0, 0.05) is 11.6 Å². The molecule has 0 unspecified atom stereocenters. The van der Waals surface area contributed by atoms with Crippen LogP contribution in [0.3, 0.4) is 0 Å². The van der Waals surface area contributed by atoms with Crippen molar-refractivity contribution in [2.75, 3.05) is 13.3 Å². The summed E-state index contributed by atoms with van der Waals surface area (Å²) in [7, 11) is 0. The van der Waals surface area contributed by atoms with E-state index >= 15 is 0 Å². The lowest BCUT2D eigenvalue weighted by atomic mass is 9.96. The second kappa shape index (κ2) is 3.74. The number of benzene rings is 1. The first-order valence-corrected chi connectivity index (χ1v) is 5.57. The van der Waals surface area contributed by atoms with Crippen molar-refractivity contribution >= 4 is 0 Å². The van der Waals surface area contributed by atoms with Crippen molar-refractivity contribution < 1.29 is 9.47 Å². The summed E-state index contributed by atoms with van der Waals surface area (Å²) in [5, 5.41) is 3.53. The molecule has 3 rings (SSSR count). The fourth-order valence-corrected chi connectivity index (χ4v) is 2.34. The Bertz CT molecular complexity index is 359. The van der Waals surface area contributed by atoms with Crippen molar-refractivity contribution in [1.29, 1.82) is 0 Å². The predicted molar refractivity (Wildman–Crippen MR) is 57.2 cm³/mol. The maximum absolute atomic E-state index is 5.52. The molecule has 2 aliphatic heterocycles. The number of nitrogens with one attached hydrogen (secondary N) is 1. The van der Waals surface area contributed by atoms with E-state index in [9.17, 15) is 0 Å². The molecular formula is C12H15NO2. The van der Waals surface area contributed by atoms with Gasteiger partial charge in [0.1, 0.15) is 0 Å². The fourth-order valence-electron chi connectivity index (χ4n) is 2.34. The Balaban J connectivity index is 1.93. The van der Waals surface area contributed by atoms with Crippen LogP contribution in [0, 0.1) is 0 Å². The molecule has 0 aliphatic carbocycles. The molecule has 1 aromatic rings. The normalized spacial score (nSPS) is 24.1. The molecule has 0 aromatic heterocycles. The summed E-state index contributed by atoms with van der Waals surface area (Å²) in [6, 6.07) is 6.58. The van der Waals surface area contributed by atoms with E-state index in [1.165, 1.54) is 24.8 Å². The number of ether oxygens (including phenoxy) is 2. The smallest absolute Gasteiger partial charge is 0.231 e. The first kappa shape index (κ1) is 9.04. The third kappa shape index (κ3) is 1.57. The van der Waals surface area contributed by atoms with Gasteiger partial charge in [-0.25, -0.2) is 0 Å². The first-order valence-electron chi connectivity index (χ1n) is 5.57. The van der Waals surface area contributed by atoms with E-state index in [4.69, 9.17) is 9.47 Å². The van der Waals surface area contributed by atoms with Crippen molar-refractivity contribution in [2.45, 2.75) is 25.3 Å². The molecule has 3 heteroatoms. The highest BCUT2D eigenvalue weighted by Gasteiger charge is 2.23. The number of rotatable bonds is 1. The SMILES string of the molecule is c1cc2c(c([C@H]3CCCCN3)c1)OCO2. The highest BCUT2D eigenvalue weighted by atomic mass is 16.7. The Morgan fingerprint density at radius 1 is 1.20 bits per heavy atom. The highest BCUT2D eigenvalue weighted by molar-refractivity contribution is 5.49. The van der Waals surface area contributed by atoms with Gasteiger partial charge >= 0.3 is 0 Å². The van der Waals surface area contributed by atoms with E-state index in [1.807, 2.05) is 12.1 Å². The maximum atomic E-state index is 5.52. The number of hydrogen-bond donors (Lipinski definition) is 1. The summed E-state index contributed by atoms with van der Waals surface area (Å²) >= 11 is 0. The Morgan fingerprint density at radius 2 is 2.20 bits per heavy atom. The number of hydrogen-bond acceptors (Lipinski definition) is 3. The lowest BCUT2D eigenvalue weighted by Crippen LogP contribution is -2.26. The largest absolute Gasteiger partial charge is 0.454 e. The van der Waals surface area contributed by atoms with Gasteiger partial charge in [0.05, 0.1) is 0 Å². The molecule has 2 aliphatic rings. The first-order chi connectivity index (χ1) is 7.45. The topological polar surface area (TPSA) is 30.5 Å². The summed E-state index contributed by atoms with van der Waals surface area (Å²) < 4.78 is 10.9. The van der Waals surface area contributed by atoms with Gasteiger partial charge in [-0.3, -0.25) is 0 Å². The quantitative estimate of drug-likeness (QED) is 0.762. The number of piperidine rings is 1. The molecule has 1 fully saturated rings. The minimum Gasteiger partial charge on any atom is -0.454 e. The lowest BCUT2D eigenvalue weighted by Gasteiger charge is -2.24. The minimum atomic E-state index is 0.360. The Labute approximate surface area is 89.4 Å². The van der Waals surface area contributed by atoms with Gasteiger partial charge < -0.3 is 14.8 Å². The van der Waals surface area contributed by atoms with E-state index in [0.717, 1.165) is 18.0 Å². The van der Waals surface area contributed by atoms with Crippen LogP contribution in [0.2, 0.25) is 0 Å². The molecular weight excluding hydrogens is 190 g/mol. The lowest BCUT2D eigenvalue weighted by molar-refractivity contribution is 0.172. The zero-order valence-electron chi connectivity index (χ0n) is 8.66. The van der Waals surface area contributed by atoms with Crippen molar-refractivity contribution in [3.63, 3.8) is 0 Å². The van der Waals surface area contributed by atoms with Gasteiger partial charge in [-0.2, -0.15) is 0 Å². The van der Waals surface area contributed by atoms with Crippen LogP contribution in [0.4, 0.5) is 0 Å². The van der Waals surface area contributed by atoms with Crippen LogP contribution in [-0.4, -0.2) is 13.3 Å². The second-order valence-corrected chi connectivity index (χ2v) is 4.08. The Morgan fingerprint density at radius 3 is 3.07 bits per heavy atom. The monoisotopic (exact) mass is 205 g/mol. The van der Waals surface area contributed by atoms with Gasteiger partial charge in [0.2, 0.25) is 6.79 Å². The summed E-state index contributed by atoms with van der Waals surface area (Å²) in [4.78, 5) is 0. The molecule has 1 saturated heterocycles. The van der Waals surface area contributed by atoms with Crippen LogP contribution in [0.1, 0.15) is 30.9 Å². The molecule has 0 radical (unpaired) electrons. The molecule has 1 aromatic carbocycles. The average Bonchev–Trinajstić information content (AvgIpc) is 2.78. The zero-order chi connectivity index (χ0) is 10.1. The van der Waals surface area contributed by atoms with Crippen molar-refractivity contribution in [3.8, 4) is 11.5 Å². The summed E-state index contributed by atoms with van der Waals surface area (Å²) in [5.74, 6) is 1.83. The van der Waals surface area contributed by atoms with Gasteiger partial charge in [-0.05, 0) is 25.5 Å². The van der Waals surface area contributed by atoms with Crippen molar-refractivity contribution in [2.24, 2.45) is 0 Å². The van der Waals surface area contributed by atoms with Crippen molar-refractivity contribution in [1.82, 2.24) is 5.32 Å². The standard InChI is InChI=1S/C12H15NO2/c1-2-7-13-10(5-1)9-4-3-6-11-12(9)15-8-14-11/h3-4,6,10,13H,1-2,5,7-8H2/t10-/m1/s1. The van der Waals surface area contributed by atoms with Gasteiger partial charge in [-0.1, -0.05) is 18.6 Å². The molecule has 1 atom stereocenters. The third-order valence-corrected chi connectivity index (χ3v) is 3.11. The molecule has 0 bridgehead atoms. The molecule has 1 N–H and O–H groups in total. The minimum absolute atomic E-state index is 0.360. The Kier molecular flexibility index (Phi) is 2.25. The van der Waals surface area contributed by atoms with E-state index in [1.54, 1.807) is 0 Å². The van der Waals surface area contributed by atoms with Crippen LogP contribution < -0.4 is 14.8 Å². The van der Waals surface area contributed by atoms with E-state index < -0.39 is 0 Å². The number of para-hydroxylation sites is 1. The molecule has 15 heavy (non-hydrogen) atoms. The van der Waals surface area contributed by atoms with Crippen LogP contribution in [-0.2, 0) is 0 Å². The highest BCUT2D eigenvalue weighted by Crippen LogP contribution is 2.40. The van der Waals surface area contributed by atoms with E-state index in [-0.39, 0.29) is 0 Å². The van der Waals surface area contributed by atoms with Crippen LogP contribution in [0.25, 0.3) is 0 Å². The van der Waals surface area contributed by atoms with Gasteiger partial charge in [0.15, 0.2) is 11.5 Å². The molecule has 80 valence electrons. The van der Waals surface area contributed by atoms with Crippen LogP contribution in [0.5, 0.6) is 11.5 Å². The summed E-state index contributed by atoms with van der Waals surface area (Å²) in [6.45, 7) is 1.47. The van der Waals surface area contributed by atoms with Gasteiger partial charge in [0.25, 0.3) is 0 Å². The summed E-state index contributed by atoms with van der Waals surface area (Å²) in [6.07, 6.45) is 3.77. The number of fused-ring (bicyclic) bond motifs is 1. The Hall–Kier alpha value is -1.22. The van der Waals surface area contributed by atoms with Gasteiger partial charge in [-0.15, -0.1) is 0 Å². The maximum Gasteiger partial charge on any atom is 0.231 e. The summed E-state index contributed by atoms with van der Waals surface area (Å²) in [5.41, 5.74) is 1.25. The van der Waals surface area contributed by atoms with Crippen LogP contribution in [0.15, 0.2) is 18.2 Å².